The van der Waals surface area contributed by atoms with Gasteiger partial charge in [-0.25, -0.2) is 13.1 Å². The average molecular weight is 523 g/mol. The molecule has 2 aromatic heterocycles. The van der Waals surface area contributed by atoms with E-state index in [0.29, 0.717) is 34.6 Å². The van der Waals surface area contributed by atoms with E-state index in [4.69, 9.17) is 14.2 Å². The topological polar surface area (TPSA) is 117 Å². The second kappa shape index (κ2) is 9.99. The van der Waals surface area contributed by atoms with Gasteiger partial charge in [0.2, 0.25) is 15.9 Å². The monoisotopic (exact) mass is 523 g/mol. The van der Waals surface area contributed by atoms with Crippen molar-refractivity contribution in [2.24, 2.45) is 0 Å². The van der Waals surface area contributed by atoms with Gasteiger partial charge in [-0.1, -0.05) is 12.1 Å². The summed E-state index contributed by atoms with van der Waals surface area (Å²) in [6, 6.07) is 12.2. The van der Waals surface area contributed by atoms with Crippen LogP contribution in [0.1, 0.15) is 5.56 Å². The first-order valence-electron chi connectivity index (χ1n) is 10.4. The predicted octanol–water partition coefficient (Wildman–Crippen LogP) is 3.18. The van der Waals surface area contributed by atoms with E-state index in [2.05, 4.69) is 20.0 Å². The van der Waals surface area contributed by atoms with Crippen molar-refractivity contribution >= 4 is 15.7 Å². The lowest BCUT2D eigenvalue weighted by molar-refractivity contribution is -0.139. The molecule has 4 rings (SSSR count). The second-order valence-electron chi connectivity index (χ2n) is 7.27. The van der Waals surface area contributed by atoms with Gasteiger partial charge in [-0.05, 0) is 36.4 Å². The van der Waals surface area contributed by atoms with Crippen molar-refractivity contribution in [1.29, 1.82) is 0 Å². The molecule has 4 aromatic rings. The molecule has 0 atom stereocenters. The molecule has 2 aromatic carbocycles. The lowest BCUT2D eigenvalue weighted by atomic mass is 10.2. The number of fused-ring (bicyclic) bond motifs is 1. The fourth-order valence-electron chi connectivity index (χ4n) is 3.35. The third-order valence-electron chi connectivity index (χ3n) is 5.01. The second-order valence-corrected chi connectivity index (χ2v) is 9.01. The zero-order valence-corrected chi connectivity index (χ0v) is 19.8. The molecule has 0 aliphatic rings. The summed E-state index contributed by atoms with van der Waals surface area (Å²) < 4.78 is 84.1. The standard InChI is InChI=1S/C22H20F3N5O5S/c1-33-14-7-8-17(34-2)15(13-14)21-28-27-19-9-10-20(29-30(19)21)35-12-11-26-36(31,32)18-6-4-3-5-16(18)22(23,24)25/h3-10,13,26H,11-12H2,1-2H3. The number of nitrogens with zero attached hydrogens (tertiary/aromatic N) is 4. The van der Waals surface area contributed by atoms with Crippen molar-refractivity contribution in [3.8, 4) is 28.8 Å². The van der Waals surface area contributed by atoms with E-state index >= 15 is 0 Å². The molecule has 0 aliphatic heterocycles. The Balaban J connectivity index is 1.50. The van der Waals surface area contributed by atoms with Crippen molar-refractivity contribution in [3.63, 3.8) is 0 Å². The maximum absolute atomic E-state index is 13.2. The Morgan fingerprint density at radius 1 is 1.00 bits per heavy atom. The lowest BCUT2D eigenvalue weighted by Crippen LogP contribution is -2.30. The molecule has 10 nitrogen and oxygen atoms in total. The van der Waals surface area contributed by atoms with Gasteiger partial charge in [0.25, 0.3) is 0 Å². The zero-order chi connectivity index (χ0) is 25.9. The minimum Gasteiger partial charge on any atom is -0.497 e. The number of ether oxygens (including phenoxy) is 3. The van der Waals surface area contributed by atoms with E-state index in [9.17, 15) is 21.6 Å². The van der Waals surface area contributed by atoms with Gasteiger partial charge in [0.05, 0.1) is 30.2 Å². The molecule has 1 N–H and O–H groups in total. The van der Waals surface area contributed by atoms with E-state index in [1.54, 1.807) is 24.3 Å². The average Bonchev–Trinajstić information content (AvgIpc) is 3.29. The molecule has 36 heavy (non-hydrogen) atoms. The highest BCUT2D eigenvalue weighted by atomic mass is 32.2. The molecule has 0 amide bonds. The molecule has 0 bridgehead atoms. The van der Waals surface area contributed by atoms with Crippen molar-refractivity contribution in [1.82, 2.24) is 24.5 Å². The van der Waals surface area contributed by atoms with Gasteiger partial charge in [-0.2, -0.15) is 17.7 Å². The Morgan fingerprint density at radius 2 is 1.78 bits per heavy atom. The Kier molecular flexibility index (Phi) is 6.99. The number of rotatable bonds is 9. The molecule has 2 heterocycles. The van der Waals surface area contributed by atoms with Gasteiger partial charge in [0.15, 0.2) is 11.5 Å². The number of alkyl halides is 3. The van der Waals surface area contributed by atoms with Crippen LogP contribution in [0.2, 0.25) is 0 Å². The molecule has 0 unspecified atom stereocenters. The van der Waals surface area contributed by atoms with Crippen LogP contribution >= 0.6 is 0 Å². The van der Waals surface area contributed by atoms with Crippen LogP contribution in [0, 0.1) is 0 Å². The summed E-state index contributed by atoms with van der Waals surface area (Å²) in [5.41, 5.74) is -0.282. The fraction of sp³-hybridized carbons (Fsp3) is 0.227. The molecule has 0 aliphatic carbocycles. The molecule has 0 radical (unpaired) electrons. The highest BCUT2D eigenvalue weighted by molar-refractivity contribution is 7.89. The third kappa shape index (κ3) is 5.18. The van der Waals surface area contributed by atoms with Crippen LogP contribution in [0.15, 0.2) is 59.5 Å². The van der Waals surface area contributed by atoms with Crippen LogP contribution in [-0.4, -0.2) is 55.6 Å². The fourth-order valence-corrected chi connectivity index (χ4v) is 4.59. The first-order valence-corrected chi connectivity index (χ1v) is 11.9. The first-order chi connectivity index (χ1) is 17.1. The Labute approximate surface area is 203 Å². The van der Waals surface area contributed by atoms with Crippen LogP contribution in [0.4, 0.5) is 13.2 Å². The van der Waals surface area contributed by atoms with Gasteiger partial charge in [-0.3, -0.25) is 0 Å². The minimum absolute atomic E-state index is 0.111. The van der Waals surface area contributed by atoms with Crippen molar-refractivity contribution in [3.05, 3.63) is 60.2 Å². The van der Waals surface area contributed by atoms with Gasteiger partial charge in [-0.15, -0.1) is 15.3 Å². The van der Waals surface area contributed by atoms with Crippen LogP contribution in [0.25, 0.3) is 17.0 Å². The van der Waals surface area contributed by atoms with Crippen LogP contribution in [0.5, 0.6) is 17.4 Å². The van der Waals surface area contributed by atoms with E-state index in [-0.39, 0.29) is 19.0 Å². The Morgan fingerprint density at radius 3 is 2.50 bits per heavy atom. The van der Waals surface area contributed by atoms with E-state index < -0.39 is 26.7 Å². The molecule has 0 saturated heterocycles. The number of hydrogen-bond donors (Lipinski definition) is 1. The number of benzene rings is 2. The molecule has 0 saturated carbocycles. The first kappa shape index (κ1) is 25.2. The van der Waals surface area contributed by atoms with Crippen LogP contribution in [0.3, 0.4) is 0 Å². The third-order valence-corrected chi connectivity index (χ3v) is 6.53. The number of methoxy groups -OCH3 is 2. The maximum atomic E-state index is 13.2. The summed E-state index contributed by atoms with van der Waals surface area (Å²) in [5.74, 6) is 1.53. The largest absolute Gasteiger partial charge is 0.497 e. The highest BCUT2D eigenvalue weighted by Gasteiger charge is 2.36. The van der Waals surface area contributed by atoms with Crippen LogP contribution in [-0.2, 0) is 16.2 Å². The Bertz CT molecular complexity index is 1490. The van der Waals surface area contributed by atoms with Gasteiger partial charge < -0.3 is 14.2 Å². The van der Waals surface area contributed by atoms with Crippen molar-refractivity contribution < 1.29 is 35.8 Å². The van der Waals surface area contributed by atoms with E-state index in [1.807, 2.05) is 0 Å². The molecule has 190 valence electrons. The number of sulfonamides is 1. The quantitative estimate of drug-likeness (QED) is 0.333. The molecule has 0 spiro atoms. The van der Waals surface area contributed by atoms with Gasteiger partial charge in [0, 0.05) is 12.6 Å². The summed E-state index contributed by atoms with van der Waals surface area (Å²) in [5, 5.41) is 12.6. The molecular formula is C22H20F3N5O5S. The van der Waals surface area contributed by atoms with Crippen LogP contribution < -0.4 is 18.9 Å². The van der Waals surface area contributed by atoms with Crippen molar-refractivity contribution in [2.45, 2.75) is 11.1 Å². The maximum Gasteiger partial charge on any atom is 0.417 e. The normalized spacial score (nSPS) is 12.0. The van der Waals surface area contributed by atoms with Gasteiger partial charge >= 0.3 is 6.18 Å². The minimum atomic E-state index is -4.82. The lowest BCUT2D eigenvalue weighted by Gasteiger charge is -2.14. The number of hydrogen-bond acceptors (Lipinski definition) is 8. The van der Waals surface area contributed by atoms with Gasteiger partial charge in [0.1, 0.15) is 18.1 Å². The van der Waals surface area contributed by atoms with E-state index in [1.165, 1.54) is 30.9 Å². The molecule has 0 fully saturated rings. The summed E-state index contributed by atoms with van der Waals surface area (Å²) >= 11 is 0. The number of aromatic nitrogens is 4. The summed E-state index contributed by atoms with van der Waals surface area (Å²) in [7, 11) is -1.41. The Hall–Kier alpha value is -3.91. The summed E-state index contributed by atoms with van der Waals surface area (Å²) in [4.78, 5) is -0.863. The molecular weight excluding hydrogens is 503 g/mol. The summed E-state index contributed by atoms with van der Waals surface area (Å²) in [6.07, 6.45) is -4.82. The predicted molar refractivity (Wildman–Crippen MR) is 121 cm³/mol. The number of nitrogens with one attached hydrogen (secondary N) is 1. The highest BCUT2D eigenvalue weighted by Crippen LogP contribution is 2.34. The van der Waals surface area contributed by atoms with E-state index in [0.717, 1.165) is 12.1 Å². The number of halogens is 3. The molecule has 14 heteroatoms. The summed E-state index contributed by atoms with van der Waals surface area (Å²) in [6.45, 7) is -0.501. The zero-order valence-electron chi connectivity index (χ0n) is 19.0. The van der Waals surface area contributed by atoms with Crippen molar-refractivity contribution in [2.75, 3.05) is 27.4 Å². The SMILES string of the molecule is COc1ccc(OC)c(-c2nnc3ccc(OCCNS(=O)(=O)c4ccccc4C(F)(F)F)nn23)c1. The smallest absolute Gasteiger partial charge is 0.417 e.